The third-order valence-corrected chi connectivity index (χ3v) is 11.0. The van der Waals surface area contributed by atoms with E-state index in [2.05, 4.69) is 78.9 Å². The minimum absolute atomic E-state index is 0.598. The zero-order valence-electron chi connectivity index (χ0n) is 27.0. The van der Waals surface area contributed by atoms with E-state index in [4.69, 9.17) is 23.8 Å². The third kappa shape index (κ3) is 4.50. The van der Waals surface area contributed by atoms with Gasteiger partial charge in [0.15, 0.2) is 17.5 Å². The zero-order valence-corrected chi connectivity index (χ0v) is 27.8. The lowest BCUT2D eigenvalue weighted by molar-refractivity contribution is 0.668. The molecular formula is C45H25N3O2S. The van der Waals surface area contributed by atoms with Crippen LogP contribution in [0.4, 0.5) is 0 Å². The number of aromatic nitrogens is 3. The molecule has 0 saturated carbocycles. The number of rotatable bonds is 4. The summed E-state index contributed by atoms with van der Waals surface area (Å²) in [5.74, 6) is 1.81. The van der Waals surface area contributed by atoms with Crippen molar-refractivity contribution >= 4 is 75.4 Å². The highest BCUT2D eigenvalue weighted by Crippen LogP contribution is 2.42. The summed E-state index contributed by atoms with van der Waals surface area (Å²) in [6, 6.07) is 52.2. The second kappa shape index (κ2) is 10.9. The molecule has 4 heterocycles. The quantitative estimate of drug-likeness (QED) is 0.186. The number of benzene rings is 7. The second-order valence-corrected chi connectivity index (χ2v) is 13.8. The van der Waals surface area contributed by atoms with Crippen LogP contribution >= 0.6 is 11.3 Å². The maximum atomic E-state index is 6.47. The maximum absolute atomic E-state index is 6.47. The Morgan fingerprint density at radius 1 is 0.353 bits per heavy atom. The lowest BCUT2D eigenvalue weighted by atomic mass is 10.0. The summed E-state index contributed by atoms with van der Waals surface area (Å²) in [7, 11) is 0. The number of furan rings is 2. The molecule has 6 heteroatoms. The first-order valence-corrected chi connectivity index (χ1v) is 17.7. The molecule has 0 aliphatic carbocycles. The fraction of sp³-hybridized carbons (Fsp3) is 0. The Morgan fingerprint density at radius 3 is 1.69 bits per heavy atom. The number of thiophene rings is 1. The normalized spacial score (nSPS) is 11.9. The molecule has 0 saturated heterocycles. The summed E-state index contributed by atoms with van der Waals surface area (Å²) < 4.78 is 15.2. The van der Waals surface area contributed by atoms with Crippen LogP contribution in [-0.4, -0.2) is 15.0 Å². The molecule has 5 nitrogen and oxygen atoms in total. The second-order valence-electron chi connectivity index (χ2n) is 12.8. The van der Waals surface area contributed by atoms with Crippen molar-refractivity contribution in [3.63, 3.8) is 0 Å². The van der Waals surface area contributed by atoms with Gasteiger partial charge in [-0.05, 0) is 71.8 Å². The predicted octanol–water partition coefficient (Wildman–Crippen LogP) is 12.7. The lowest BCUT2D eigenvalue weighted by Crippen LogP contribution is -2.00. The van der Waals surface area contributed by atoms with Crippen molar-refractivity contribution < 1.29 is 8.83 Å². The van der Waals surface area contributed by atoms with Crippen molar-refractivity contribution in [2.75, 3.05) is 0 Å². The molecule has 0 N–H and O–H groups in total. The van der Waals surface area contributed by atoms with Crippen LogP contribution in [0.3, 0.4) is 0 Å². The van der Waals surface area contributed by atoms with Gasteiger partial charge in [-0.2, -0.15) is 0 Å². The average Bonchev–Trinajstić information content (AvgIpc) is 3.88. The monoisotopic (exact) mass is 671 g/mol. The van der Waals surface area contributed by atoms with Gasteiger partial charge in [-0.25, -0.2) is 15.0 Å². The smallest absolute Gasteiger partial charge is 0.164 e. The summed E-state index contributed by atoms with van der Waals surface area (Å²) >= 11 is 1.84. The van der Waals surface area contributed by atoms with Crippen molar-refractivity contribution in [1.29, 1.82) is 0 Å². The molecule has 0 unspecified atom stereocenters. The Morgan fingerprint density at radius 2 is 0.922 bits per heavy atom. The molecular weight excluding hydrogens is 647 g/mol. The first-order chi connectivity index (χ1) is 25.2. The van der Waals surface area contributed by atoms with E-state index in [1.54, 1.807) is 0 Å². The van der Waals surface area contributed by atoms with E-state index in [0.29, 0.717) is 17.5 Å². The van der Waals surface area contributed by atoms with Crippen LogP contribution in [0, 0.1) is 0 Å². The predicted molar refractivity (Wildman–Crippen MR) is 209 cm³/mol. The SMILES string of the molecule is c1ccc(-c2nc(-c3ccc4oc5ccccc5c4c3)nc(-c3ccc4oc5cc(-c6cccc7c6sc6ccccc67)ccc5c4c3)n2)cc1. The van der Waals surface area contributed by atoms with E-state index in [1.165, 1.54) is 25.7 Å². The highest BCUT2D eigenvalue weighted by atomic mass is 32.1. The van der Waals surface area contributed by atoms with Crippen molar-refractivity contribution in [3.05, 3.63) is 152 Å². The molecule has 11 rings (SSSR count). The van der Waals surface area contributed by atoms with E-state index in [-0.39, 0.29) is 0 Å². The van der Waals surface area contributed by atoms with Crippen LogP contribution in [0.2, 0.25) is 0 Å². The Labute approximate surface area is 295 Å². The minimum Gasteiger partial charge on any atom is -0.456 e. The van der Waals surface area contributed by atoms with Crippen LogP contribution in [0.15, 0.2) is 160 Å². The highest BCUT2D eigenvalue weighted by molar-refractivity contribution is 7.26. The number of hydrogen-bond acceptors (Lipinski definition) is 6. The molecule has 0 radical (unpaired) electrons. The highest BCUT2D eigenvalue weighted by Gasteiger charge is 2.17. The topological polar surface area (TPSA) is 65.0 Å². The van der Waals surface area contributed by atoms with Gasteiger partial charge in [0.05, 0.1) is 0 Å². The molecule has 51 heavy (non-hydrogen) atoms. The van der Waals surface area contributed by atoms with Crippen molar-refractivity contribution in [3.8, 4) is 45.3 Å². The van der Waals surface area contributed by atoms with Crippen molar-refractivity contribution in [2.24, 2.45) is 0 Å². The van der Waals surface area contributed by atoms with Gasteiger partial charge in [0.2, 0.25) is 0 Å². The van der Waals surface area contributed by atoms with Gasteiger partial charge in [-0.15, -0.1) is 11.3 Å². The summed E-state index contributed by atoms with van der Waals surface area (Å²) in [6.07, 6.45) is 0. The lowest BCUT2D eigenvalue weighted by Gasteiger charge is -2.08. The molecule has 7 aromatic carbocycles. The first-order valence-electron chi connectivity index (χ1n) is 16.8. The van der Waals surface area contributed by atoms with Crippen LogP contribution < -0.4 is 0 Å². The van der Waals surface area contributed by atoms with Crippen LogP contribution in [0.5, 0.6) is 0 Å². The van der Waals surface area contributed by atoms with E-state index in [9.17, 15) is 0 Å². The molecule has 0 fully saturated rings. The molecule has 0 aliphatic heterocycles. The Balaban J connectivity index is 1.05. The van der Waals surface area contributed by atoms with Gasteiger partial charge in [0.1, 0.15) is 22.3 Å². The summed E-state index contributed by atoms with van der Waals surface area (Å²) in [4.78, 5) is 15.0. The number of para-hydroxylation sites is 1. The number of hydrogen-bond donors (Lipinski definition) is 0. The van der Waals surface area contributed by atoms with Gasteiger partial charge >= 0.3 is 0 Å². The van der Waals surface area contributed by atoms with Crippen molar-refractivity contribution in [2.45, 2.75) is 0 Å². The first kappa shape index (κ1) is 28.2. The average molecular weight is 672 g/mol. The third-order valence-electron chi connectivity index (χ3n) is 9.75. The van der Waals surface area contributed by atoms with Gasteiger partial charge in [-0.3, -0.25) is 0 Å². The Hall–Kier alpha value is -6.63. The van der Waals surface area contributed by atoms with Crippen molar-refractivity contribution in [1.82, 2.24) is 15.0 Å². The van der Waals surface area contributed by atoms with Gasteiger partial charge in [-0.1, -0.05) is 91.0 Å². The van der Waals surface area contributed by atoms with E-state index >= 15 is 0 Å². The Bertz CT molecular complexity index is 3160. The molecule has 0 aliphatic rings. The molecule has 0 atom stereocenters. The van der Waals surface area contributed by atoms with Gasteiger partial charge in [0.25, 0.3) is 0 Å². The number of nitrogens with zero attached hydrogens (tertiary/aromatic N) is 3. The van der Waals surface area contributed by atoms with Gasteiger partial charge < -0.3 is 8.83 Å². The maximum Gasteiger partial charge on any atom is 0.164 e. The molecule has 11 aromatic rings. The van der Waals surface area contributed by atoms with E-state index in [1.807, 2.05) is 84.1 Å². The molecule has 238 valence electrons. The minimum atomic E-state index is 0.598. The standard InChI is InChI=1S/C45H25N3O2S/c1-2-9-26(10-3-1)43-46-44(28-18-21-38-35(23-28)31-11-4-6-15-37(31)49-38)48-45(47-43)29-19-22-39-36(24-29)32-20-17-27(25-40(32)50-39)30-13-8-14-34-33-12-5-7-16-41(33)51-42(30)34/h1-25H. The van der Waals surface area contributed by atoms with Gasteiger partial charge in [0, 0.05) is 58.4 Å². The fourth-order valence-corrected chi connectivity index (χ4v) is 8.51. The fourth-order valence-electron chi connectivity index (χ4n) is 7.27. The van der Waals surface area contributed by atoms with Crippen LogP contribution in [-0.2, 0) is 0 Å². The summed E-state index contributed by atoms with van der Waals surface area (Å²) in [5.41, 5.74) is 8.41. The van der Waals surface area contributed by atoms with E-state index in [0.717, 1.165) is 66.1 Å². The van der Waals surface area contributed by atoms with Crippen LogP contribution in [0.1, 0.15) is 0 Å². The molecule has 0 bridgehead atoms. The molecule has 0 amide bonds. The molecule has 4 aromatic heterocycles. The molecule has 0 spiro atoms. The zero-order chi connectivity index (χ0) is 33.5. The van der Waals surface area contributed by atoms with Crippen LogP contribution in [0.25, 0.3) is 109 Å². The Kier molecular flexibility index (Phi) is 6.05. The summed E-state index contributed by atoms with van der Waals surface area (Å²) in [5, 5.41) is 6.74. The van der Waals surface area contributed by atoms with E-state index < -0.39 is 0 Å². The summed E-state index contributed by atoms with van der Waals surface area (Å²) in [6.45, 7) is 0. The largest absolute Gasteiger partial charge is 0.456 e. The number of fused-ring (bicyclic) bond motifs is 9.